The monoisotopic (exact) mass is 525 g/mol. The van der Waals surface area contributed by atoms with E-state index < -0.39 is 25.5 Å². The van der Waals surface area contributed by atoms with Gasteiger partial charge in [-0.05, 0) is 54.8 Å². The number of nitrogens with one attached hydrogen (secondary N) is 1. The van der Waals surface area contributed by atoms with Gasteiger partial charge in [-0.25, -0.2) is 4.79 Å². The lowest BCUT2D eigenvalue weighted by Crippen LogP contribution is -2.42. The van der Waals surface area contributed by atoms with Crippen molar-refractivity contribution in [1.82, 2.24) is 5.32 Å². The second-order valence-electron chi connectivity index (χ2n) is 8.29. The molecule has 0 aliphatic rings. The smallest absolute Gasteiger partial charge is 0.335 e. The van der Waals surface area contributed by atoms with Crippen LogP contribution in [0.3, 0.4) is 0 Å². The number of amides is 1. The Hall–Kier alpha value is -3.45. The molecule has 0 heterocycles. The average molecular weight is 526 g/mol. The first kappa shape index (κ1) is 28.1. The first-order chi connectivity index (χ1) is 17.8. The Labute approximate surface area is 217 Å². The molecule has 0 spiro atoms. The molecule has 0 aliphatic heterocycles. The summed E-state index contributed by atoms with van der Waals surface area (Å²) in [6.45, 7) is 4.40. The molecule has 0 aliphatic carbocycles. The number of ether oxygens (including phenoxy) is 1. The molecule has 3 rings (SSSR count). The van der Waals surface area contributed by atoms with Crippen molar-refractivity contribution in [2.75, 3.05) is 13.2 Å². The number of benzene rings is 3. The summed E-state index contributed by atoms with van der Waals surface area (Å²) >= 11 is 0. The number of carboxylic acid groups (broad SMARTS) is 1. The summed E-state index contributed by atoms with van der Waals surface area (Å²) in [6, 6.07) is 22.2. The lowest BCUT2D eigenvalue weighted by molar-refractivity contribution is -0.139. The number of aliphatic carboxylic acids is 1. The second kappa shape index (κ2) is 13.7. The van der Waals surface area contributed by atoms with Crippen molar-refractivity contribution in [3.8, 4) is 5.75 Å². The van der Waals surface area contributed by atoms with E-state index in [2.05, 4.69) is 5.32 Å². The van der Waals surface area contributed by atoms with Crippen LogP contribution in [0.5, 0.6) is 5.75 Å². The van der Waals surface area contributed by atoms with Gasteiger partial charge in [0.25, 0.3) is 5.91 Å². The lowest BCUT2D eigenvalue weighted by Gasteiger charge is -2.17. The molecule has 2 N–H and O–H groups in total. The highest BCUT2D eigenvalue weighted by Crippen LogP contribution is 2.51. The molecule has 9 heteroatoms. The van der Waals surface area contributed by atoms with Crippen molar-refractivity contribution in [2.45, 2.75) is 39.1 Å². The zero-order valence-corrected chi connectivity index (χ0v) is 21.9. The van der Waals surface area contributed by atoms with E-state index in [1.54, 1.807) is 62.4 Å². The van der Waals surface area contributed by atoms with Crippen LogP contribution in [0.25, 0.3) is 0 Å². The normalized spacial score (nSPS) is 12.1. The molecule has 8 nitrogen and oxygen atoms in total. The van der Waals surface area contributed by atoms with Crippen molar-refractivity contribution in [1.29, 1.82) is 0 Å². The Kier molecular flexibility index (Phi) is 10.4. The van der Waals surface area contributed by atoms with Crippen molar-refractivity contribution < 1.29 is 33.0 Å². The van der Waals surface area contributed by atoms with Crippen LogP contribution >= 0.6 is 7.60 Å². The Morgan fingerprint density at radius 2 is 1.51 bits per heavy atom. The van der Waals surface area contributed by atoms with Gasteiger partial charge in [0, 0.05) is 12.0 Å². The summed E-state index contributed by atoms with van der Waals surface area (Å²) in [5.74, 6) is -1.05. The topological polar surface area (TPSA) is 111 Å². The van der Waals surface area contributed by atoms with E-state index in [4.69, 9.17) is 13.8 Å². The predicted octanol–water partition coefficient (Wildman–Crippen LogP) is 5.46. The molecule has 0 saturated heterocycles. The fraction of sp³-hybridized carbons (Fsp3) is 0.286. The molecule has 1 atom stereocenters. The Bertz CT molecular complexity index is 1200. The zero-order valence-electron chi connectivity index (χ0n) is 21.0. The number of carbonyl (C=O) groups is 2. The Morgan fingerprint density at radius 3 is 2.14 bits per heavy atom. The van der Waals surface area contributed by atoms with Crippen molar-refractivity contribution in [3.63, 3.8) is 0 Å². The van der Waals surface area contributed by atoms with Gasteiger partial charge in [0.2, 0.25) is 0 Å². The summed E-state index contributed by atoms with van der Waals surface area (Å²) in [6.07, 6.45) is 0.171. The standard InChI is InChI=1S/C28H32NO7P/c1-3-35-37(33,36-4-2)20-22-13-15-24(16-14-22)27(30)29-26(28(31)32)18-23-11-8-12-25(17-23)34-19-21-9-6-5-7-10-21/h5-17,26H,3-4,18-20H2,1-2H3,(H,29,30)(H,31,32)/t26-/m1/s1. The molecular formula is C28H32NO7P. The van der Waals surface area contributed by atoms with Crippen LogP contribution in [-0.4, -0.2) is 36.2 Å². The molecule has 3 aromatic rings. The highest BCUT2D eigenvalue weighted by molar-refractivity contribution is 7.53. The van der Waals surface area contributed by atoms with Gasteiger partial charge in [-0.15, -0.1) is 0 Å². The third-order valence-corrected chi connectivity index (χ3v) is 7.49. The number of hydrogen-bond acceptors (Lipinski definition) is 6. The van der Waals surface area contributed by atoms with Crippen LogP contribution in [0.4, 0.5) is 0 Å². The second-order valence-corrected chi connectivity index (χ2v) is 10.3. The van der Waals surface area contributed by atoms with Gasteiger partial charge in [-0.1, -0.05) is 54.6 Å². The fourth-order valence-electron chi connectivity index (χ4n) is 3.69. The molecule has 0 bridgehead atoms. The first-order valence-corrected chi connectivity index (χ1v) is 13.8. The van der Waals surface area contributed by atoms with Crippen LogP contribution in [0.15, 0.2) is 78.9 Å². The number of carbonyl (C=O) groups excluding carboxylic acids is 1. The minimum absolute atomic E-state index is 0.0804. The highest BCUT2D eigenvalue weighted by atomic mass is 31.2. The van der Waals surface area contributed by atoms with Gasteiger partial charge < -0.3 is 24.2 Å². The van der Waals surface area contributed by atoms with Crippen LogP contribution in [-0.2, 0) is 37.6 Å². The maximum Gasteiger partial charge on any atom is 0.335 e. The molecular weight excluding hydrogens is 493 g/mol. The Morgan fingerprint density at radius 1 is 0.865 bits per heavy atom. The first-order valence-electron chi connectivity index (χ1n) is 12.1. The van der Waals surface area contributed by atoms with E-state index >= 15 is 0 Å². The van der Waals surface area contributed by atoms with E-state index in [-0.39, 0.29) is 31.4 Å². The van der Waals surface area contributed by atoms with Gasteiger partial charge in [-0.2, -0.15) is 0 Å². The molecule has 37 heavy (non-hydrogen) atoms. The summed E-state index contributed by atoms with van der Waals surface area (Å²) in [5, 5.41) is 12.3. The Balaban J connectivity index is 1.62. The third-order valence-electron chi connectivity index (χ3n) is 5.43. The molecule has 0 aromatic heterocycles. The van der Waals surface area contributed by atoms with Crippen molar-refractivity contribution in [2.24, 2.45) is 0 Å². The maximum atomic E-state index is 12.8. The predicted molar refractivity (Wildman–Crippen MR) is 141 cm³/mol. The van der Waals surface area contributed by atoms with Crippen molar-refractivity contribution in [3.05, 3.63) is 101 Å². The molecule has 0 radical (unpaired) electrons. The molecule has 1 amide bonds. The summed E-state index contributed by atoms with van der Waals surface area (Å²) < 4.78 is 29.2. The van der Waals surface area contributed by atoms with Gasteiger partial charge in [0.1, 0.15) is 18.4 Å². The molecule has 0 fully saturated rings. The van der Waals surface area contributed by atoms with E-state index in [0.29, 0.717) is 17.9 Å². The maximum absolute atomic E-state index is 12.8. The number of rotatable bonds is 14. The quantitative estimate of drug-likeness (QED) is 0.269. The minimum Gasteiger partial charge on any atom is -0.489 e. The van der Waals surface area contributed by atoms with Gasteiger partial charge in [-0.3, -0.25) is 9.36 Å². The van der Waals surface area contributed by atoms with E-state index in [0.717, 1.165) is 11.1 Å². The van der Waals surface area contributed by atoms with Crippen LogP contribution in [0, 0.1) is 0 Å². The molecule has 196 valence electrons. The van der Waals surface area contributed by atoms with Crippen LogP contribution in [0.2, 0.25) is 0 Å². The highest BCUT2D eigenvalue weighted by Gasteiger charge is 2.25. The third kappa shape index (κ3) is 8.86. The summed E-state index contributed by atoms with van der Waals surface area (Å²) in [7, 11) is -3.27. The van der Waals surface area contributed by atoms with E-state index in [1.165, 1.54) is 0 Å². The lowest BCUT2D eigenvalue weighted by atomic mass is 10.0. The average Bonchev–Trinajstić information content (AvgIpc) is 2.88. The van der Waals surface area contributed by atoms with Gasteiger partial charge in [0.15, 0.2) is 0 Å². The van der Waals surface area contributed by atoms with Gasteiger partial charge >= 0.3 is 13.6 Å². The van der Waals surface area contributed by atoms with E-state index in [1.807, 2.05) is 30.3 Å². The zero-order chi connectivity index (χ0) is 26.7. The van der Waals surface area contributed by atoms with E-state index in [9.17, 15) is 19.3 Å². The summed E-state index contributed by atoms with van der Waals surface area (Å²) in [5.41, 5.74) is 2.71. The number of carboxylic acids is 1. The molecule has 3 aromatic carbocycles. The van der Waals surface area contributed by atoms with Gasteiger partial charge in [0.05, 0.1) is 19.4 Å². The SMILES string of the molecule is CCOP(=O)(Cc1ccc(C(=O)N[C@H](Cc2cccc(OCc3ccccc3)c2)C(=O)O)cc1)OCC. The van der Waals surface area contributed by atoms with Crippen LogP contribution in [0.1, 0.15) is 40.9 Å². The van der Waals surface area contributed by atoms with Crippen LogP contribution < -0.4 is 10.1 Å². The fourth-order valence-corrected chi connectivity index (χ4v) is 5.39. The molecule has 0 saturated carbocycles. The summed E-state index contributed by atoms with van der Waals surface area (Å²) in [4.78, 5) is 24.7. The minimum atomic E-state index is -3.27. The largest absolute Gasteiger partial charge is 0.489 e. The molecule has 0 unspecified atom stereocenters. The van der Waals surface area contributed by atoms with Crippen molar-refractivity contribution >= 4 is 19.5 Å². The number of hydrogen-bond donors (Lipinski definition) is 2.